The number of benzene rings is 2. The van der Waals surface area contributed by atoms with E-state index in [0.29, 0.717) is 0 Å². The Labute approximate surface area is 116 Å². The molecule has 0 bridgehead atoms. The van der Waals surface area contributed by atoms with E-state index in [1.165, 1.54) is 12.1 Å². The van der Waals surface area contributed by atoms with Crippen molar-refractivity contribution in [1.82, 2.24) is 5.43 Å². The third kappa shape index (κ3) is 3.71. The molecule has 0 fully saturated rings. The molecule has 0 atom stereocenters. The Morgan fingerprint density at radius 2 is 1.80 bits per heavy atom. The van der Waals surface area contributed by atoms with Gasteiger partial charge in [0.1, 0.15) is 0 Å². The zero-order valence-corrected chi connectivity index (χ0v) is 11.0. The number of hydrogen-bond acceptors (Lipinski definition) is 3. The zero-order chi connectivity index (χ0) is 14.4. The highest BCUT2D eigenvalue weighted by Crippen LogP contribution is 2.15. The molecule has 1 N–H and O–H groups in total. The summed E-state index contributed by atoms with van der Waals surface area (Å²) >= 11 is 0. The van der Waals surface area contributed by atoms with Crippen molar-refractivity contribution in [1.29, 1.82) is 0 Å². The molecule has 4 nitrogen and oxygen atoms in total. The topological polar surface area (TPSA) is 41.6 Å². The predicted octanol–water partition coefficient (Wildman–Crippen LogP) is 2.37. The van der Waals surface area contributed by atoms with Gasteiger partial charge in [-0.25, -0.2) is 4.39 Å². The molecule has 2 rings (SSSR count). The molecule has 2 aromatic carbocycles. The molecule has 5 heteroatoms. The third-order valence-corrected chi connectivity index (χ3v) is 2.63. The van der Waals surface area contributed by atoms with Crippen LogP contribution >= 0.6 is 0 Å². The van der Waals surface area contributed by atoms with Gasteiger partial charge in [0.2, 0.25) is 0 Å². The second-order valence-corrected chi connectivity index (χ2v) is 4.15. The van der Waals surface area contributed by atoms with Crippen LogP contribution in [0.3, 0.4) is 0 Å². The minimum atomic E-state index is -0.489. The molecule has 2 aromatic rings. The SMILES string of the molecule is CN(NC(=O)COc1ccccc1F)c1ccccc1. The molecule has 0 aromatic heterocycles. The van der Waals surface area contributed by atoms with Crippen molar-refractivity contribution < 1.29 is 13.9 Å². The number of carbonyl (C=O) groups excluding carboxylic acids is 1. The number of nitrogens with zero attached hydrogens (tertiary/aromatic N) is 1. The molecule has 0 saturated heterocycles. The van der Waals surface area contributed by atoms with Crippen LogP contribution < -0.4 is 15.2 Å². The maximum Gasteiger partial charge on any atom is 0.276 e. The van der Waals surface area contributed by atoms with Crippen molar-refractivity contribution in [2.45, 2.75) is 0 Å². The molecule has 104 valence electrons. The summed E-state index contributed by atoms with van der Waals surface area (Å²) < 4.78 is 18.4. The van der Waals surface area contributed by atoms with Gasteiger partial charge in [0.05, 0.1) is 5.69 Å². The molecule has 20 heavy (non-hydrogen) atoms. The van der Waals surface area contributed by atoms with Gasteiger partial charge in [-0.1, -0.05) is 30.3 Å². The van der Waals surface area contributed by atoms with Crippen LogP contribution in [0.15, 0.2) is 54.6 Å². The Balaban J connectivity index is 1.86. The number of ether oxygens (including phenoxy) is 1. The summed E-state index contributed by atoms with van der Waals surface area (Å²) in [5, 5.41) is 1.58. The number of nitrogens with one attached hydrogen (secondary N) is 1. The average molecular weight is 274 g/mol. The lowest BCUT2D eigenvalue weighted by atomic mass is 10.3. The van der Waals surface area contributed by atoms with Crippen molar-refractivity contribution >= 4 is 11.6 Å². The molecule has 0 aliphatic rings. The van der Waals surface area contributed by atoms with Gasteiger partial charge in [0.15, 0.2) is 18.2 Å². The summed E-state index contributed by atoms with van der Waals surface area (Å²) in [5.41, 5.74) is 3.47. The van der Waals surface area contributed by atoms with Crippen LogP contribution in [-0.2, 0) is 4.79 Å². The first-order valence-corrected chi connectivity index (χ1v) is 6.12. The number of para-hydroxylation sites is 2. The van der Waals surface area contributed by atoms with E-state index in [1.807, 2.05) is 30.3 Å². The molecule has 0 unspecified atom stereocenters. The first kappa shape index (κ1) is 13.9. The largest absolute Gasteiger partial charge is 0.481 e. The number of carbonyl (C=O) groups is 1. The fraction of sp³-hybridized carbons (Fsp3) is 0.133. The van der Waals surface area contributed by atoms with E-state index in [9.17, 15) is 9.18 Å². The Morgan fingerprint density at radius 3 is 2.50 bits per heavy atom. The summed E-state index contributed by atoms with van der Waals surface area (Å²) in [6, 6.07) is 15.3. The predicted molar refractivity (Wildman–Crippen MR) is 74.9 cm³/mol. The third-order valence-electron chi connectivity index (χ3n) is 2.63. The fourth-order valence-corrected chi connectivity index (χ4v) is 1.64. The van der Waals surface area contributed by atoms with Gasteiger partial charge in [-0.3, -0.25) is 15.2 Å². The van der Waals surface area contributed by atoms with E-state index in [2.05, 4.69) is 5.43 Å². The molecule has 0 aliphatic heterocycles. The standard InChI is InChI=1S/C15H15FN2O2/c1-18(12-7-3-2-4-8-12)17-15(19)11-20-14-10-6-5-9-13(14)16/h2-10H,11H2,1H3,(H,17,19). The number of halogens is 1. The average Bonchev–Trinajstić information content (AvgIpc) is 2.47. The van der Waals surface area contributed by atoms with Gasteiger partial charge in [0, 0.05) is 7.05 Å². The lowest BCUT2D eigenvalue weighted by Crippen LogP contribution is -2.41. The molecule has 0 radical (unpaired) electrons. The van der Waals surface area contributed by atoms with E-state index in [0.717, 1.165) is 5.69 Å². The minimum Gasteiger partial charge on any atom is -0.481 e. The summed E-state index contributed by atoms with van der Waals surface area (Å²) in [6.45, 7) is -0.252. The number of rotatable bonds is 5. The highest BCUT2D eigenvalue weighted by Gasteiger charge is 2.08. The van der Waals surface area contributed by atoms with Crippen LogP contribution in [0, 0.1) is 5.82 Å². The van der Waals surface area contributed by atoms with Crippen LogP contribution in [0.1, 0.15) is 0 Å². The van der Waals surface area contributed by atoms with Crippen molar-refractivity contribution in [3.05, 3.63) is 60.4 Å². The fourth-order valence-electron chi connectivity index (χ4n) is 1.64. The summed E-state index contributed by atoms with van der Waals surface area (Å²) in [5.74, 6) is -0.790. The first-order chi connectivity index (χ1) is 9.66. The van der Waals surface area contributed by atoms with Gasteiger partial charge in [-0.15, -0.1) is 0 Å². The Bertz CT molecular complexity index is 575. The lowest BCUT2D eigenvalue weighted by molar-refractivity contribution is -0.123. The second kappa shape index (κ2) is 6.56. The monoisotopic (exact) mass is 274 g/mol. The Kier molecular flexibility index (Phi) is 4.55. The Morgan fingerprint density at radius 1 is 1.15 bits per heavy atom. The van der Waals surface area contributed by atoms with E-state index in [1.54, 1.807) is 24.2 Å². The molecule has 1 amide bonds. The number of amides is 1. The smallest absolute Gasteiger partial charge is 0.276 e. The Hall–Kier alpha value is -2.56. The molecule has 0 aliphatic carbocycles. The lowest BCUT2D eigenvalue weighted by Gasteiger charge is -2.20. The van der Waals surface area contributed by atoms with Crippen LogP contribution in [0.2, 0.25) is 0 Å². The first-order valence-electron chi connectivity index (χ1n) is 6.12. The van der Waals surface area contributed by atoms with Crippen LogP contribution in [0.5, 0.6) is 5.75 Å². The van der Waals surface area contributed by atoms with Crippen LogP contribution in [-0.4, -0.2) is 19.6 Å². The van der Waals surface area contributed by atoms with Crippen molar-refractivity contribution in [2.75, 3.05) is 18.7 Å². The molecule has 0 saturated carbocycles. The quantitative estimate of drug-likeness (QED) is 0.851. The van der Waals surface area contributed by atoms with Crippen molar-refractivity contribution in [3.8, 4) is 5.75 Å². The zero-order valence-electron chi connectivity index (χ0n) is 11.0. The highest BCUT2D eigenvalue weighted by atomic mass is 19.1. The molecule has 0 heterocycles. The molecule has 0 spiro atoms. The van der Waals surface area contributed by atoms with Crippen LogP contribution in [0.4, 0.5) is 10.1 Å². The van der Waals surface area contributed by atoms with Gasteiger partial charge in [-0.05, 0) is 24.3 Å². The summed E-state index contributed by atoms with van der Waals surface area (Å²) in [7, 11) is 1.72. The number of hydrogen-bond donors (Lipinski definition) is 1. The number of hydrazine groups is 1. The number of anilines is 1. The van der Waals surface area contributed by atoms with Gasteiger partial charge >= 0.3 is 0 Å². The van der Waals surface area contributed by atoms with E-state index < -0.39 is 5.82 Å². The highest BCUT2D eigenvalue weighted by molar-refractivity contribution is 5.79. The minimum absolute atomic E-state index is 0.0602. The maximum atomic E-state index is 13.3. The van der Waals surface area contributed by atoms with Gasteiger partial charge < -0.3 is 4.74 Å². The van der Waals surface area contributed by atoms with E-state index in [-0.39, 0.29) is 18.3 Å². The molecular weight excluding hydrogens is 259 g/mol. The van der Waals surface area contributed by atoms with Gasteiger partial charge in [-0.2, -0.15) is 0 Å². The van der Waals surface area contributed by atoms with Crippen molar-refractivity contribution in [3.63, 3.8) is 0 Å². The normalized spacial score (nSPS) is 9.90. The van der Waals surface area contributed by atoms with Crippen molar-refractivity contribution in [2.24, 2.45) is 0 Å². The maximum absolute atomic E-state index is 13.3. The second-order valence-electron chi connectivity index (χ2n) is 4.15. The summed E-state index contributed by atoms with van der Waals surface area (Å²) in [6.07, 6.45) is 0. The van der Waals surface area contributed by atoms with Crippen LogP contribution in [0.25, 0.3) is 0 Å². The van der Waals surface area contributed by atoms with Gasteiger partial charge in [0.25, 0.3) is 5.91 Å². The summed E-state index contributed by atoms with van der Waals surface area (Å²) in [4.78, 5) is 11.7. The van der Waals surface area contributed by atoms with E-state index >= 15 is 0 Å². The molecular formula is C15H15FN2O2. The van der Waals surface area contributed by atoms with E-state index in [4.69, 9.17) is 4.74 Å².